The molecule has 2 nitrogen and oxygen atoms in total. The van der Waals surface area contributed by atoms with Gasteiger partial charge in [0.05, 0.1) is 6.04 Å². The Bertz CT molecular complexity index is 298. The van der Waals surface area contributed by atoms with Crippen molar-refractivity contribution in [2.75, 3.05) is 6.54 Å². The molecule has 0 fully saturated rings. The Kier molecular flexibility index (Phi) is 2.23. The Morgan fingerprint density at radius 1 is 1.38 bits per heavy atom. The van der Waals surface area contributed by atoms with E-state index in [0.29, 0.717) is 6.04 Å². The third-order valence-electron chi connectivity index (χ3n) is 2.46. The highest BCUT2D eigenvalue weighted by molar-refractivity contribution is 5.40. The molecule has 0 saturated carbocycles. The summed E-state index contributed by atoms with van der Waals surface area (Å²) in [5, 5.41) is 3.43. The first-order chi connectivity index (χ1) is 6.33. The number of hydrogen-bond donors (Lipinski definition) is 1. The van der Waals surface area contributed by atoms with Crippen molar-refractivity contribution in [1.29, 1.82) is 0 Å². The van der Waals surface area contributed by atoms with E-state index in [9.17, 15) is 0 Å². The lowest BCUT2D eigenvalue weighted by Crippen LogP contribution is -2.28. The summed E-state index contributed by atoms with van der Waals surface area (Å²) in [6.45, 7) is 5.20. The maximum absolute atomic E-state index is 5.71. The zero-order valence-electron chi connectivity index (χ0n) is 8.08. The smallest absolute Gasteiger partial charge is 0.124 e. The van der Waals surface area contributed by atoms with Gasteiger partial charge in [-0.2, -0.15) is 0 Å². The molecule has 2 heteroatoms. The first-order valence-electron chi connectivity index (χ1n) is 4.82. The van der Waals surface area contributed by atoms with Gasteiger partial charge in [-0.3, -0.25) is 0 Å². The van der Waals surface area contributed by atoms with Crippen molar-refractivity contribution in [2.24, 2.45) is 0 Å². The molecule has 13 heavy (non-hydrogen) atoms. The van der Waals surface area contributed by atoms with Crippen LogP contribution in [0.5, 0.6) is 5.75 Å². The Hall–Kier alpha value is -1.02. The summed E-state index contributed by atoms with van der Waals surface area (Å²) in [6, 6.07) is 8.60. The molecule has 1 N–H and O–H groups in total. The van der Waals surface area contributed by atoms with Gasteiger partial charge in [-0.15, -0.1) is 0 Å². The van der Waals surface area contributed by atoms with Gasteiger partial charge < -0.3 is 10.1 Å². The predicted molar refractivity (Wildman–Crippen MR) is 52.9 cm³/mol. The largest absolute Gasteiger partial charge is 0.488 e. The molecule has 0 spiro atoms. The minimum atomic E-state index is 0.248. The van der Waals surface area contributed by atoms with Gasteiger partial charge in [0.25, 0.3) is 0 Å². The molecule has 1 aliphatic rings. The van der Waals surface area contributed by atoms with Crippen molar-refractivity contribution in [1.82, 2.24) is 5.32 Å². The van der Waals surface area contributed by atoms with E-state index in [2.05, 4.69) is 31.3 Å². The van der Waals surface area contributed by atoms with E-state index in [1.807, 2.05) is 12.1 Å². The van der Waals surface area contributed by atoms with E-state index in [0.717, 1.165) is 12.3 Å². The van der Waals surface area contributed by atoms with Crippen LogP contribution in [0.4, 0.5) is 0 Å². The number of fused-ring (bicyclic) bond motifs is 1. The van der Waals surface area contributed by atoms with Gasteiger partial charge in [0, 0.05) is 5.56 Å². The third kappa shape index (κ3) is 1.42. The molecule has 0 saturated heterocycles. The second kappa shape index (κ2) is 3.38. The minimum Gasteiger partial charge on any atom is -0.488 e. The van der Waals surface area contributed by atoms with Gasteiger partial charge in [0.1, 0.15) is 11.9 Å². The second-order valence-corrected chi connectivity index (χ2v) is 3.40. The Morgan fingerprint density at radius 3 is 2.92 bits per heavy atom. The van der Waals surface area contributed by atoms with Crippen LogP contribution in [0, 0.1) is 0 Å². The monoisotopic (exact) mass is 177 g/mol. The Labute approximate surface area is 78.9 Å². The molecule has 0 aromatic heterocycles. The van der Waals surface area contributed by atoms with Gasteiger partial charge in [-0.25, -0.2) is 0 Å². The predicted octanol–water partition coefficient (Wildman–Crippen LogP) is 2.12. The number of hydrogen-bond acceptors (Lipinski definition) is 2. The lowest BCUT2D eigenvalue weighted by atomic mass is 10.0. The Morgan fingerprint density at radius 2 is 2.15 bits per heavy atom. The summed E-state index contributed by atoms with van der Waals surface area (Å²) in [5.74, 6) is 1.03. The molecule has 2 atom stereocenters. The number of likely N-dealkylation sites (N-methyl/N-ethyl adjacent to an activating group) is 1. The van der Waals surface area contributed by atoms with Crippen molar-refractivity contribution >= 4 is 0 Å². The highest BCUT2D eigenvalue weighted by atomic mass is 16.5. The molecule has 0 radical (unpaired) electrons. The van der Waals surface area contributed by atoms with Crippen LogP contribution in [0.1, 0.15) is 25.5 Å². The fraction of sp³-hybridized carbons (Fsp3) is 0.455. The summed E-state index contributed by atoms with van der Waals surface area (Å²) in [6.07, 6.45) is 0.248. The number of benzene rings is 1. The van der Waals surface area contributed by atoms with Crippen LogP contribution in [-0.2, 0) is 0 Å². The maximum atomic E-state index is 5.71. The van der Waals surface area contributed by atoms with E-state index >= 15 is 0 Å². The number of nitrogens with one attached hydrogen (secondary N) is 1. The highest BCUT2D eigenvalue weighted by Crippen LogP contribution is 2.35. The van der Waals surface area contributed by atoms with Gasteiger partial charge in [-0.1, -0.05) is 25.1 Å². The van der Waals surface area contributed by atoms with Crippen molar-refractivity contribution in [3.63, 3.8) is 0 Å². The van der Waals surface area contributed by atoms with Crippen molar-refractivity contribution in [2.45, 2.75) is 26.0 Å². The van der Waals surface area contributed by atoms with Gasteiger partial charge in [-0.05, 0) is 19.5 Å². The molecule has 70 valence electrons. The normalized spacial score (nSPS) is 25.4. The van der Waals surface area contributed by atoms with Crippen LogP contribution < -0.4 is 10.1 Å². The molecular weight excluding hydrogens is 162 g/mol. The number of ether oxygens (including phenoxy) is 1. The summed E-state index contributed by atoms with van der Waals surface area (Å²) in [4.78, 5) is 0. The van der Waals surface area contributed by atoms with E-state index in [1.54, 1.807) is 0 Å². The standard InChI is InChI=1S/C11H15NO/c1-3-12-11-8(2)13-10-7-5-4-6-9(10)11/h4-8,11-12H,3H2,1-2H3. The highest BCUT2D eigenvalue weighted by Gasteiger charge is 2.29. The average molecular weight is 177 g/mol. The van der Waals surface area contributed by atoms with E-state index in [-0.39, 0.29) is 6.10 Å². The summed E-state index contributed by atoms with van der Waals surface area (Å²) < 4.78 is 5.71. The fourth-order valence-corrected chi connectivity index (χ4v) is 1.86. The lowest BCUT2D eigenvalue weighted by Gasteiger charge is -2.14. The molecule has 2 unspecified atom stereocenters. The van der Waals surface area contributed by atoms with Gasteiger partial charge in [0.2, 0.25) is 0 Å². The molecule has 0 bridgehead atoms. The number of para-hydroxylation sites is 1. The molecule has 1 heterocycles. The van der Waals surface area contributed by atoms with Crippen molar-refractivity contribution in [3.8, 4) is 5.75 Å². The quantitative estimate of drug-likeness (QED) is 0.747. The summed E-state index contributed by atoms with van der Waals surface area (Å²) in [5.41, 5.74) is 1.29. The van der Waals surface area contributed by atoms with Crippen molar-refractivity contribution < 1.29 is 4.74 Å². The van der Waals surface area contributed by atoms with Crippen LogP contribution in [-0.4, -0.2) is 12.6 Å². The zero-order chi connectivity index (χ0) is 9.26. The van der Waals surface area contributed by atoms with Crippen LogP contribution in [0.3, 0.4) is 0 Å². The first kappa shape index (κ1) is 8.57. The van der Waals surface area contributed by atoms with Gasteiger partial charge >= 0.3 is 0 Å². The Balaban J connectivity index is 2.29. The molecule has 2 rings (SSSR count). The van der Waals surface area contributed by atoms with Crippen LogP contribution in [0.15, 0.2) is 24.3 Å². The van der Waals surface area contributed by atoms with Crippen LogP contribution >= 0.6 is 0 Å². The van der Waals surface area contributed by atoms with E-state index in [4.69, 9.17) is 4.74 Å². The molecule has 0 amide bonds. The number of rotatable bonds is 2. The third-order valence-corrected chi connectivity index (χ3v) is 2.46. The van der Waals surface area contributed by atoms with E-state index in [1.165, 1.54) is 5.56 Å². The van der Waals surface area contributed by atoms with Crippen LogP contribution in [0.2, 0.25) is 0 Å². The van der Waals surface area contributed by atoms with Crippen LogP contribution in [0.25, 0.3) is 0 Å². The summed E-state index contributed by atoms with van der Waals surface area (Å²) >= 11 is 0. The average Bonchev–Trinajstić information content (AvgIpc) is 2.44. The topological polar surface area (TPSA) is 21.3 Å². The lowest BCUT2D eigenvalue weighted by molar-refractivity contribution is 0.211. The SMILES string of the molecule is CCNC1c2ccccc2OC1C. The molecule has 1 aromatic rings. The molecular formula is C11H15NO. The minimum absolute atomic E-state index is 0.248. The zero-order valence-corrected chi connectivity index (χ0v) is 8.08. The molecule has 1 aromatic carbocycles. The summed E-state index contributed by atoms with van der Waals surface area (Å²) in [7, 11) is 0. The fourth-order valence-electron chi connectivity index (χ4n) is 1.86. The van der Waals surface area contributed by atoms with Crippen molar-refractivity contribution in [3.05, 3.63) is 29.8 Å². The molecule has 1 aliphatic heterocycles. The van der Waals surface area contributed by atoms with Gasteiger partial charge in [0.15, 0.2) is 0 Å². The van der Waals surface area contributed by atoms with E-state index < -0.39 is 0 Å². The molecule has 0 aliphatic carbocycles. The maximum Gasteiger partial charge on any atom is 0.124 e. The first-order valence-corrected chi connectivity index (χ1v) is 4.82. The second-order valence-electron chi connectivity index (χ2n) is 3.40.